The number of hydrogen-bond donors (Lipinski definition) is 1. The second-order valence-electron chi connectivity index (χ2n) is 3.17. The van der Waals surface area contributed by atoms with E-state index in [0.29, 0.717) is 12.2 Å². The Kier molecular flexibility index (Phi) is 5.11. The van der Waals surface area contributed by atoms with Crippen molar-refractivity contribution in [3.8, 4) is 0 Å². The van der Waals surface area contributed by atoms with Crippen LogP contribution in [0.2, 0.25) is 0 Å². The van der Waals surface area contributed by atoms with E-state index < -0.39 is 12.5 Å². The van der Waals surface area contributed by atoms with Gasteiger partial charge in [0.25, 0.3) is 6.43 Å². The lowest BCUT2D eigenvalue weighted by Crippen LogP contribution is -2.37. The first-order chi connectivity index (χ1) is 7.13. The van der Waals surface area contributed by atoms with E-state index in [1.54, 1.807) is 18.3 Å². The number of nitrogens with zero attached hydrogens (tertiary/aromatic N) is 1. The summed E-state index contributed by atoms with van der Waals surface area (Å²) in [5.74, 6) is 0. The Balaban J connectivity index is 2.61. The van der Waals surface area contributed by atoms with Crippen LogP contribution in [0.5, 0.6) is 0 Å². The van der Waals surface area contributed by atoms with Crippen LogP contribution in [0.3, 0.4) is 0 Å². The molecule has 1 aromatic rings. The van der Waals surface area contributed by atoms with Crippen LogP contribution in [-0.4, -0.2) is 24.0 Å². The van der Waals surface area contributed by atoms with E-state index in [2.05, 4.69) is 26.2 Å². The molecule has 1 rings (SSSR count). The largest absolute Gasteiger partial charge is 0.309 e. The van der Waals surface area contributed by atoms with Crippen LogP contribution < -0.4 is 5.32 Å². The second-order valence-corrected chi connectivity index (χ2v) is 4.09. The van der Waals surface area contributed by atoms with Crippen molar-refractivity contribution in [2.24, 2.45) is 0 Å². The summed E-state index contributed by atoms with van der Waals surface area (Å²) in [4.78, 5) is 4.06. The van der Waals surface area contributed by atoms with Crippen molar-refractivity contribution in [2.45, 2.75) is 25.8 Å². The molecule has 84 valence electrons. The highest BCUT2D eigenvalue weighted by molar-refractivity contribution is 9.10. The van der Waals surface area contributed by atoms with Crippen LogP contribution in [0.15, 0.2) is 22.8 Å². The topological polar surface area (TPSA) is 24.9 Å². The monoisotopic (exact) mass is 278 g/mol. The molecule has 0 spiro atoms. The van der Waals surface area contributed by atoms with Gasteiger partial charge in [0.1, 0.15) is 0 Å². The number of alkyl halides is 2. The SMILES string of the molecule is CCNC(Cc1ccc(Br)cn1)C(F)F. The smallest absolute Gasteiger partial charge is 0.254 e. The average Bonchev–Trinajstić information content (AvgIpc) is 2.20. The summed E-state index contributed by atoms with van der Waals surface area (Å²) in [5.41, 5.74) is 0.671. The van der Waals surface area contributed by atoms with Crippen molar-refractivity contribution < 1.29 is 8.78 Å². The number of likely N-dealkylation sites (N-methyl/N-ethyl adjacent to an activating group) is 1. The minimum Gasteiger partial charge on any atom is -0.309 e. The summed E-state index contributed by atoms with van der Waals surface area (Å²) < 4.78 is 26.0. The third-order valence-corrected chi connectivity index (χ3v) is 2.46. The highest BCUT2D eigenvalue weighted by atomic mass is 79.9. The Labute approximate surface area is 96.2 Å². The van der Waals surface area contributed by atoms with E-state index in [-0.39, 0.29) is 6.42 Å². The summed E-state index contributed by atoms with van der Waals surface area (Å²) in [6, 6.07) is 2.73. The number of rotatable bonds is 5. The molecular formula is C10H13BrF2N2. The molecule has 0 aliphatic heterocycles. The second kappa shape index (κ2) is 6.12. The minimum atomic E-state index is -2.37. The van der Waals surface area contributed by atoms with Crippen molar-refractivity contribution in [3.63, 3.8) is 0 Å². The summed E-state index contributed by atoms with van der Waals surface area (Å²) in [5, 5.41) is 2.74. The van der Waals surface area contributed by atoms with Gasteiger partial charge in [-0.05, 0) is 34.6 Å². The lowest BCUT2D eigenvalue weighted by molar-refractivity contribution is 0.0986. The summed E-state index contributed by atoms with van der Waals surface area (Å²) in [6.45, 7) is 2.34. The standard InChI is InChI=1S/C10H13BrF2N2/c1-2-14-9(10(12)13)5-8-4-3-7(11)6-15-8/h3-4,6,9-10,14H,2,5H2,1H3. The first kappa shape index (κ1) is 12.5. The number of pyridine rings is 1. The molecule has 1 N–H and O–H groups in total. The van der Waals surface area contributed by atoms with Gasteiger partial charge in [0.15, 0.2) is 0 Å². The first-order valence-corrected chi connectivity index (χ1v) is 5.54. The van der Waals surface area contributed by atoms with Crippen LogP contribution in [-0.2, 0) is 6.42 Å². The maximum absolute atomic E-state index is 12.6. The Bertz CT molecular complexity index is 290. The molecule has 0 radical (unpaired) electrons. The van der Waals surface area contributed by atoms with Crippen molar-refractivity contribution in [2.75, 3.05) is 6.54 Å². The van der Waals surface area contributed by atoms with Gasteiger partial charge in [-0.1, -0.05) is 6.92 Å². The molecule has 2 nitrogen and oxygen atoms in total. The highest BCUT2D eigenvalue weighted by Gasteiger charge is 2.19. The van der Waals surface area contributed by atoms with Gasteiger partial charge in [-0.25, -0.2) is 8.78 Å². The molecule has 0 bridgehead atoms. The summed E-state index contributed by atoms with van der Waals surface area (Å²) in [6.07, 6.45) is -0.502. The van der Waals surface area contributed by atoms with E-state index in [4.69, 9.17) is 0 Å². The molecule has 0 aliphatic rings. The van der Waals surface area contributed by atoms with Crippen LogP contribution in [0.1, 0.15) is 12.6 Å². The van der Waals surface area contributed by atoms with Crippen molar-refractivity contribution in [3.05, 3.63) is 28.5 Å². The number of halogens is 3. The normalized spacial score (nSPS) is 13.1. The van der Waals surface area contributed by atoms with Gasteiger partial charge in [0.2, 0.25) is 0 Å². The van der Waals surface area contributed by atoms with Gasteiger partial charge in [-0.3, -0.25) is 4.98 Å². The zero-order chi connectivity index (χ0) is 11.3. The number of hydrogen-bond acceptors (Lipinski definition) is 2. The molecule has 1 aromatic heterocycles. The van der Waals surface area contributed by atoms with Gasteiger partial charge < -0.3 is 5.32 Å². The summed E-state index contributed by atoms with van der Waals surface area (Å²) in [7, 11) is 0. The van der Waals surface area contributed by atoms with Gasteiger partial charge in [-0.15, -0.1) is 0 Å². The molecule has 0 aliphatic carbocycles. The molecule has 0 saturated carbocycles. The minimum absolute atomic E-state index is 0.249. The fraction of sp³-hybridized carbons (Fsp3) is 0.500. The predicted molar refractivity (Wildman–Crippen MR) is 59.1 cm³/mol. The maximum Gasteiger partial charge on any atom is 0.254 e. The van der Waals surface area contributed by atoms with Gasteiger partial charge >= 0.3 is 0 Å². The Morgan fingerprint density at radius 3 is 2.67 bits per heavy atom. The fourth-order valence-corrected chi connectivity index (χ4v) is 1.50. The van der Waals surface area contributed by atoms with Crippen molar-refractivity contribution in [1.29, 1.82) is 0 Å². The lowest BCUT2D eigenvalue weighted by Gasteiger charge is -2.16. The molecule has 0 aromatic carbocycles. The molecule has 0 fully saturated rings. The summed E-state index contributed by atoms with van der Waals surface area (Å²) >= 11 is 3.25. The number of aromatic nitrogens is 1. The number of nitrogens with one attached hydrogen (secondary N) is 1. The molecule has 15 heavy (non-hydrogen) atoms. The zero-order valence-electron chi connectivity index (χ0n) is 8.38. The van der Waals surface area contributed by atoms with Crippen LogP contribution in [0, 0.1) is 0 Å². The quantitative estimate of drug-likeness (QED) is 0.896. The highest BCUT2D eigenvalue weighted by Crippen LogP contribution is 2.11. The lowest BCUT2D eigenvalue weighted by atomic mass is 10.1. The van der Waals surface area contributed by atoms with Gasteiger partial charge in [0, 0.05) is 22.8 Å². The van der Waals surface area contributed by atoms with Gasteiger partial charge in [0.05, 0.1) is 6.04 Å². The molecule has 1 atom stereocenters. The van der Waals surface area contributed by atoms with Crippen molar-refractivity contribution in [1.82, 2.24) is 10.3 Å². The molecule has 1 unspecified atom stereocenters. The van der Waals surface area contributed by atoms with E-state index in [1.807, 2.05) is 6.92 Å². The third-order valence-electron chi connectivity index (χ3n) is 1.99. The first-order valence-electron chi connectivity index (χ1n) is 4.75. The Morgan fingerprint density at radius 1 is 1.47 bits per heavy atom. The Morgan fingerprint density at radius 2 is 2.20 bits per heavy atom. The average molecular weight is 279 g/mol. The van der Waals surface area contributed by atoms with Crippen molar-refractivity contribution >= 4 is 15.9 Å². The van der Waals surface area contributed by atoms with Crippen LogP contribution >= 0.6 is 15.9 Å². The molecule has 0 amide bonds. The van der Waals surface area contributed by atoms with Crippen LogP contribution in [0.25, 0.3) is 0 Å². The zero-order valence-corrected chi connectivity index (χ0v) is 9.97. The van der Waals surface area contributed by atoms with Gasteiger partial charge in [-0.2, -0.15) is 0 Å². The van der Waals surface area contributed by atoms with E-state index in [0.717, 1.165) is 4.47 Å². The third kappa shape index (κ3) is 4.22. The maximum atomic E-state index is 12.6. The molecular weight excluding hydrogens is 266 g/mol. The molecule has 1 heterocycles. The van der Waals surface area contributed by atoms with E-state index in [9.17, 15) is 8.78 Å². The van der Waals surface area contributed by atoms with E-state index in [1.165, 1.54) is 0 Å². The fourth-order valence-electron chi connectivity index (χ4n) is 1.27. The Hall–Kier alpha value is -0.550. The predicted octanol–water partition coefficient (Wildman–Crippen LogP) is 2.63. The molecule has 0 saturated heterocycles. The van der Waals surface area contributed by atoms with Crippen LogP contribution in [0.4, 0.5) is 8.78 Å². The molecule has 5 heteroatoms. The van der Waals surface area contributed by atoms with E-state index >= 15 is 0 Å².